The molecular weight excluding hydrogens is 462 g/mol. The molecular formula is C29H34ClNO4. The summed E-state index contributed by atoms with van der Waals surface area (Å²) < 4.78 is 12.0. The number of carboxylic acids is 1. The molecule has 35 heavy (non-hydrogen) atoms. The number of ether oxygens (including phenoxy) is 2. The molecule has 0 radical (unpaired) electrons. The second-order valence-electron chi connectivity index (χ2n) is 10.2. The van der Waals surface area contributed by atoms with E-state index in [1.54, 1.807) is 19.2 Å². The van der Waals surface area contributed by atoms with E-state index in [2.05, 4.69) is 23.6 Å². The standard InChI is InChI=1S/C29H34ClNO4/c1-3-27(34-2)24-10-6-20(24)16-31-17-21-4-8-22(30)15-25(21)23-9-5-18(23)12-13-35-28-11-7-19(29(32)33)14-26(28)31/h3-4,7-8,11,14-15,18,20,23-24,27H,1,5-6,9-10,12-13,16-17H2,2H3,(H,32,33)/t18-,20-,23-,24+,27-/m0/s1. The van der Waals surface area contributed by atoms with Gasteiger partial charge >= 0.3 is 5.97 Å². The number of fused-ring (bicyclic) bond motifs is 4. The van der Waals surface area contributed by atoms with Gasteiger partial charge in [-0.25, -0.2) is 4.79 Å². The zero-order valence-electron chi connectivity index (χ0n) is 20.3. The first-order chi connectivity index (χ1) is 17.0. The Bertz CT molecular complexity index is 1100. The van der Waals surface area contributed by atoms with Gasteiger partial charge in [0.25, 0.3) is 0 Å². The van der Waals surface area contributed by atoms with Crippen molar-refractivity contribution in [2.45, 2.75) is 50.7 Å². The number of methoxy groups -OCH3 is 1. The van der Waals surface area contributed by atoms with E-state index < -0.39 is 5.97 Å². The van der Waals surface area contributed by atoms with Gasteiger partial charge in [0.05, 0.1) is 24.0 Å². The molecule has 5 nitrogen and oxygen atoms in total. The molecule has 2 aromatic rings. The Morgan fingerprint density at radius 2 is 2.09 bits per heavy atom. The van der Waals surface area contributed by atoms with Gasteiger partial charge in [0.1, 0.15) is 5.75 Å². The van der Waals surface area contributed by atoms with E-state index >= 15 is 0 Å². The zero-order valence-corrected chi connectivity index (χ0v) is 21.0. The fourth-order valence-corrected chi connectivity index (χ4v) is 6.34. The third-order valence-corrected chi connectivity index (χ3v) is 8.67. The molecule has 0 bridgehead atoms. The van der Waals surface area contributed by atoms with Gasteiger partial charge in [0.2, 0.25) is 0 Å². The van der Waals surface area contributed by atoms with Gasteiger partial charge < -0.3 is 19.5 Å². The number of rotatable bonds is 6. The highest BCUT2D eigenvalue weighted by Crippen LogP contribution is 2.48. The molecule has 2 fully saturated rings. The Hall–Kier alpha value is -2.50. The van der Waals surface area contributed by atoms with Crippen LogP contribution in [0.2, 0.25) is 5.02 Å². The van der Waals surface area contributed by atoms with Crippen LogP contribution in [0.5, 0.6) is 5.75 Å². The predicted octanol–water partition coefficient (Wildman–Crippen LogP) is 6.55. The van der Waals surface area contributed by atoms with E-state index in [-0.39, 0.29) is 11.7 Å². The Labute approximate surface area is 212 Å². The fraction of sp³-hybridized carbons (Fsp3) is 0.483. The van der Waals surface area contributed by atoms with Crippen LogP contribution in [0.4, 0.5) is 5.69 Å². The lowest BCUT2D eigenvalue weighted by Crippen LogP contribution is -2.43. The lowest BCUT2D eigenvalue weighted by atomic mass is 9.67. The zero-order chi connectivity index (χ0) is 24.5. The van der Waals surface area contributed by atoms with Gasteiger partial charge in [-0.05, 0) is 97.2 Å². The van der Waals surface area contributed by atoms with Crippen LogP contribution < -0.4 is 9.64 Å². The largest absolute Gasteiger partial charge is 0.491 e. The predicted molar refractivity (Wildman–Crippen MR) is 139 cm³/mol. The van der Waals surface area contributed by atoms with Gasteiger partial charge in [-0.15, -0.1) is 6.58 Å². The summed E-state index contributed by atoms with van der Waals surface area (Å²) in [6.07, 6.45) is 7.51. The summed E-state index contributed by atoms with van der Waals surface area (Å²) in [4.78, 5) is 14.2. The van der Waals surface area contributed by atoms with Crippen LogP contribution in [-0.2, 0) is 11.3 Å². The first kappa shape index (κ1) is 24.2. The number of carboxylic acid groups (broad SMARTS) is 1. The van der Waals surface area contributed by atoms with Crippen molar-refractivity contribution in [2.24, 2.45) is 17.8 Å². The Balaban J connectivity index is 1.56. The highest BCUT2D eigenvalue weighted by molar-refractivity contribution is 6.30. The van der Waals surface area contributed by atoms with Gasteiger partial charge in [-0.1, -0.05) is 23.7 Å². The number of nitrogens with zero attached hydrogens (tertiary/aromatic N) is 1. The first-order valence-corrected chi connectivity index (χ1v) is 13.0. The fourth-order valence-electron chi connectivity index (χ4n) is 6.16. The monoisotopic (exact) mass is 495 g/mol. The van der Waals surface area contributed by atoms with Gasteiger partial charge in [0, 0.05) is 25.2 Å². The molecule has 2 saturated carbocycles. The smallest absolute Gasteiger partial charge is 0.335 e. The molecule has 0 aromatic heterocycles. The summed E-state index contributed by atoms with van der Waals surface area (Å²) in [5.41, 5.74) is 3.72. The van der Waals surface area contributed by atoms with Gasteiger partial charge in [-0.2, -0.15) is 0 Å². The minimum absolute atomic E-state index is 0.0283. The van der Waals surface area contributed by atoms with E-state index in [0.29, 0.717) is 36.8 Å². The molecule has 3 aliphatic rings. The average molecular weight is 496 g/mol. The van der Waals surface area contributed by atoms with Crippen LogP contribution in [0.15, 0.2) is 49.1 Å². The highest BCUT2D eigenvalue weighted by Gasteiger charge is 2.38. The van der Waals surface area contributed by atoms with Crippen molar-refractivity contribution in [3.63, 3.8) is 0 Å². The molecule has 2 aromatic carbocycles. The van der Waals surface area contributed by atoms with Crippen molar-refractivity contribution >= 4 is 23.3 Å². The van der Waals surface area contributed by atoms with Crippen LogP contribution in [0.25, 0.3) is 0 Å². The Morgan fingerprint density at radius 3 is 2.74 bits per heavy atom. The maximum absolute atomic E-state index is 11.9. The minimum Gasteiger partial charge on any atom is -0.491 e. The number of aromatic carboxylic acids is 1. The number of halogens is 1. The lowest BCUT2D eigenvalue weighted by Gasteiger charge is -2.43. The first-order valence-electron chi connectivity index (χ1n) is 12.7. The number of hydrogen-bond donors (Lipinski definition) is 1. The van der Waals surface area contributed by atoms with Crippen molar-refractivity contribution < 1.29 is 19.4 Å². The van der Waals surface area contributed by atoms with Crippen molar-refractivity contribution in [1.29, 1.82) is 0 Å². The molecule has 1 aliphatic heterocycles. The molecule has 5 atom stereocenters. The average Bonchev–Trinajstić information content (AvgIpc) is 2.83. The normalized spacial score (nSPS) is 26.4. The Kier molecular flexibility index (Phi) is 7.08. The third kappa shape index (κ3) is 4.81. The number of anilines is 1. The molecule has 0 saturated heterocycles. The number of carbonyl (C=O) groups is 1. The van der Waals surface area contributed by atoms with Gasteiger partial charge in [0.15, 0.2) is 0 Å². The summed E-state index contributed by atoms with van der Waals surface area (Å²) in [5, 5.41) is 10.5. The molecule has 6 heteroatoms. The minimum atomic E-state index is -0.931. The quantitative estimate of drug-likeness (QED) is 0.460. The van der Waals surface area contributed by atoms with E-state index in [1.807, 2.05) is 18.2 Å². The number of hydrogen-bond acceptors (Lipinski definition) is 4. The van der Waals surface area contributed by atoms with E-state index in [0.717, 1.165) is 42.3 Å². The SMILES string of the molecule is C=C[C@H](OC)[C@@H]1CC[C@H]1CN1Cc2ccc(Cl)cc2[C@H]2CC[C@H]2CCOc2ccc(C(=O)O)cc21. The van der Waals surface area contributed by atoms with Gasteiger partial charge in [-0.3, -0.25) is 0 Å². The summed E-state index contributed by atoms with van der Waals surface area (Å²) in [5.74, 6) is 1.75. The topological polar surface area (TPSA) is 59.0 Å². The third-order valence-electron chi connectivity index (χ3n) is 8.44. The Morgan fingerprint density at radius 1 is 1.23 bits per heavy atom. The summed E-state index contributed by atoms with van der Waals surface area (Å²) >= 11 is 6.46. The summed E-state index contributed by atoms with van der Waals surface area (Å²) in [6, 6.07) is 11.5. The molecule has 0 spiro atoms. The van der Waals surface area contributed by atoms with Crippen LogP contribution in [-0.4, -0.2) is 37.4 Å². The molecule has 0 unspecified atom stereocenters. The van der Waals surface area contributed by atoms with Crippen molar-refractivity contribution in [2.75, 3.05) is 25.2 Å². The summed E-state index contributed by atoms with van der Waals surface area (Å²) in [6.45, 7) is 6.07. The van der Waals surface area contributed by atoms with E-state index in [4.69, 9.17) is 21.1 Å². The van der Waals surface area contributed by atoms with Crippen molar-refractivity contribution in [3.8, 4) is 5.75 Å². The molecule has 5 rings (SSSR count). The van der Waals surface area contributed by atoms with Crippen molar-refractivity contribution in [1.82, 2.24) is 0 Å². The lowest BCUT2D eigenvalue weighted by molar-refractivity contribution is 0.0137. The molecule has 1 heterocycles. The second-order valence-corrected chi connectivity index (χ2v) is 10.7. The highest BCUT2D eigenvalue weighted by atomic mass is 35.5. The summed E-state index contributed by atoms with van der Waals surface area (Å²) in [7, 11) is 1.74. The second kappa shape index (κ2) is 10.2. The van der Waals surface area contributed by atoms with Crippen LogP contribution in [0, 0.1) is 17.8 Å². The van der Waals surface area contributed by atoms with Crippen LogP contribution >= 0.6 is 11.6 Å². The molecule has 1 N–H and O–H groups in total. The number of benzene rings is 2. The molecule has 186 valence electrons. The maximum atomic E-state index is 11.9. The van der Waals surface area contributed by atoms with E-state index in [9.17, 15) is 9.90 Å². The van der Waals surface area contributed by atoms with Crippen molar-refractivity contribution in [3.05, 3.63) is 70.8 Å². The van der Waals surface area contributed by atoms with Crippen LogP contribution in [0.3, 0.4) is 0 Å². The van der Waals surface area contributed by atoms with Crippen LogP contribution in [0.1, 0.15) is 59.5 Å². The van der Waals surface area contributed by atoms with E-state index in [1.165, 1.54) is 24.0 Å². The molecule has 2 aliphatic carbocycles. The maximum Gasteiger partial charge on any atom is 0.335 e. The molecule has 0 amide bonds.